The van der Waals surface area contributed by atoms with Crippen molar-refractivity contribution in [1.82, 2.24) is 15.0 Å². The molecule has 0 atom stereocenters. The van der Waals surface area contributed by atoms with Crippen LogP contribution in [-0.2, 0) is 0 Å². The van der Waals surface area contributed by atoms with Crippen LogP contribution >= 0.6 is 23.5 Å². The molecule has 2 heterocycles. The van der Waals surface area contributed by atoms with Crippen molar-refractivity contribution in [1.29, 1.82) is 0 Å². The van der Waals surface area contributed by atoms with Gasteiger partial charge >= 0.3 is 11.1 Å². The number of aromatic nitrogens is 3. The van der Waals surface area contributed by atoms with Gasteiger partial charge in [-0.05, 0) is 66.4 Å². The Balaban J connectivity index is 1.57. The number of halogens is 1. The minimum absolute atomic E-state index is 0.500. The molecule has 2 aromatic heterocycles. The average molecular weight is 453 g/mol. The van der Waals surface area contributed by atoms with Gasteiger partial charge in [-0.3, -0.25) is 9.59 Å². The van der Waals surface area contributed by atoms with Gasteiger partial charge in [0.05, 0.1) is 22.4 Å². The van der Waals surface area contributed by atoms with Crippen molar-refractivity contribution in [3.63, 3.8) is 0 Å². The number of nitrogens with zero attached hydrogens (tertiary/aromatic N) is 2. The number of pyridine rings is 1. The zero-order valence-electron chi connectivity index (χ0n) is 16.3. The molecule has 0 fully saturated rings. The Morgan fingerprint density at radius 3 is 2.55 bits per heavy atom. The molecule has 2 aromatic carbocycles. The molecule has 4 rings (SSSR count). The number of aryl methyl sites for hydroxylation is 1. The molecule has 0 aliphatic rings. The maximum Gasteiger partial charge on any atom is 0.314 e. The van der Waals surface area contributed by atoms with Gasteiger partial charge in [0, 0.05) is 22.3 Å². The second-order valence-corrected chi connectivity index (χ2v) is 7.91. The second kappa shape index (κ2) is 8.66. The van der Waals surface area contributed by atoms with Crippen LogP contribution in [-0.4, -0.2) is 21.3 Å². The average Bonchev–Trinajstić information content (AvgIpc) is 2.74. The number of nitrogens with one attached hydrogen (secondary N) is 3. The number of fused-ring (bicyclic) bond motifs is 1. The normalized spacial score (nSPS) is 11.3. The summed E-state index contributed by atoms with van der Waals surface area (Å²) >= 11 is 7.89. The van der Waals surface area contributed by atoms with Gasteiger partial charge in [-0.1, -0.05) is 17.7 Å². The van der Waals surface area contributed by atoms with Gasteiger partial charge in [0.15, 0.2) is 5.82 Å². The van der Waals surface area contributed by atoms with Crippen LogP contribution in [0.15, 0.2) is 68.1 Å². The molecule has 0 aliphatic heterocycles. The molecule has 5 N–H and O–H groups in total. The van der Waals surface area contributed by atoms with E-state index in [4.69, 9.17) is 17.3 Å². The third-order valence-electron chi connectivity index (χ3n) is 4.53. The first-order valence-electron chi connectivity index (χ1n) is 9.14. The van der Waals surface area contributed by atoms with Crippen molar-refractivity contribution in [3.8, 4) is 11.1 Å². The second-order valence-electron chi connectivity index (χ2n) is 6.65. The van der Waals surface area contributed by atoms with Crippen molar-refractivity contribution in [2.45, 2.75) is 11.8 Å². The van der Waals surface area contributed by atoms with E-state index in [0.717, 1.165) is 27.3 Å². The van der Waals surface area contributed by atoms with Crippen molar-refractivity contribution in [3.05, 3.63) is 80.0 Å². The summed E-state index contributed by atoms with van der Waals surface area (Å²) in [6, 6.07) is 12.9. The molecule has 8 nitrogen and oxygen atoms in total. The molecule has 0 spiro atoms. The van der Waals surface area contributed by atoms with Crippen LogP contribution in [0.3, 0.4) is 0 Å². The van der Waals surface area contributed by atoms with Crippen LogP contribution in [0.25, 0.3) is 22.2 Å². The molecule has 0 saturated heterocycles. The van der Waals surface area contributed by atoms with E-state index < -0.39 is 11.1 Å². The van der Waals surface area contributed by atoms with Gasteiger partial charge in [-0.25, -0.2) is 9.98 Å². The van der Waals surface area contributed by atoms with E-state index in [2.05, 4.69) is 24.7 Å². The smallest absolute Gasteiger partial charge is 0.314 e. The Hall–Kier alpha value is -3.56. The van der Waals surface area contributed by atoms with Gasteiger partial charge in [-0.2, -0.15) is 0 Å². The predicted octanol–water partition coefficient (Wildman–Crippen LogP) is 3.98. The SMILES string of the molecule is Cc1cc2[nH]c(=O)c(=O)[nH]c2cc1SNc1ccc(-c2ccnc(N=CN)c2)c(Cl)c1. The highest BCUT2D eigenvalue weighted by Gasteiger charge is 2.09. The van der Waals surface area contributed by atoms with Gasteiger partial charge in [0.1, 0.15) is 0 Å². The summed E-state index contributed by atoms with van der Waals surface area (Å²) in [7, 11) is 0. The quantitative estimate of drug-likeness (QED) is 0.157. The lowest BCUT2D eigenvalue weighted by Gasteiger charge is -2.11. The Labute approximate surface area is 185 Å². The van der Waals surface area contributed by atoms with E-state index >= 15 is 0 Å². The van der Waals surface area contributed by atoms with E-state index in [1.165, 1.54) is 18.3 Å². The molecule has 31 heavy (non-hydrogen) atoms. The molecule has 4 aromatic rings. The number of nitrogens with two attached hydrogens (primary N) is 1. The summed E-state index contributed by atoms with van der Waals surface area (Å²) in [6.07, 6.45) is 2.84. The van der Waals surface area contributed by atoms with Crippen molar-refractivity contribution < 1.29 is 0 Å². The number of aromatic amines is 2. The van der Waals surface area contributed by atoms with E-state index in [0.29, 0.717) is 21.9 Å². The van der Waals surface area contributed by atoms with Crippen molar-refractivity contribution in [2.75, 3.05) is 4.72 Å². The largest absolute Gasteiger partial charge is 0.390 e. The molecule has 0 saturated carbocycles. The first-order chi connectivity index (χ1) is 14.9. The number of H-pyrrole nitrogens is 2. The highest BCUT2D eigenvalue weighted by Crippen LogP contribution is 2.33. The van der Waals surface area contributed by atoms with Crippen LogP contribution in [0.4, 0.5) is 11.5 Å². The van der Waals surface area contributed by atoms with Crippen LogP contribution in [0.5, 0.6) is 0 Å². The fourth-order valence-corrected chi connectivity index (χ4v) is 4.06. The predicted molar refractivity (Wildman–Crippen MR) is 126 cm³/mol. The molecule has 0 amide bonds. The van der Waals surface area contributed by atoms with Gasteiger partial charge in [0.25, 0.3) is 0 Å². The summed E-state index contributed by atoms with van der Waals surface area (Å²) < 4.78 is 3.26. The van der Waals surface area contributed by atoms with Crippen LogP contribution in [0, 0.1) is 6.92 Å². The lowest BCUT2D eigenvalue weighted by molar-refractivity contribution is 1.13. The van der Waals surface area contributed by atoms with E-state index in [-0.39, 0.29) is 0 Å². The van der Waals surface area contributed by atoms with E-state index in [1.54, 1.807) is 12.3 Å². The summed E-state index contributed by atoms with van der Waals surface area (Å²) in [5.74, 6) is 0.500. The molecule has 0 bridgehead atoms. The minimum Gasteiger partial charge on any atom is -0.390 e. The summed E-state index contributed by atoms with van der Waals surface area (Å²) in [6.45, 7) is 1.92. The van der Waals surface area contributed by atoms with Crippen LogP contribution < -0.4 is 21.6 Å². The number of anilines is 1. The lowest BCUT2D eigenvalue weighted by atomic mass is 10.1. The van der Waals surface area contributed by atoms with E-state index in [9.17, 15) is 9.59 Å². The van der Waals surface area contributed by atoms with Gasteiger partial charge < -0.3 is 20.4 Å². The van der Waals surface area contributed by atoms with Gasteiger partial charge in [-0.15, -0.1) is 0 Å². The zero-order chi connectivity index (χ0) is 22.0. The maximum absolute atomic E-state index is 11.6. The Kier molecular flexibility index (Phi) is 5.79. The minimum atomic E-state index is -0.681. The third-order valence-corrected chi connectivity index (χ3v) is 5.84. The summed E-state index contributed by atoms with van der Waals surface area (Å²) in [4.78, 5) is 37.3. The standard InChI is InChI=1S/C21H17ClN6O2S/c1-11-6-16-17(27-21(30)20(29)26-16)9-18(11)31-28-13-2-3-14(15(22)8-13)12-4-5-24-19(7-12)25-10-23/h2-10,28H,1H3,(H,26,29)(H,27,30)(H2,23,24,25). The Morgan fingerprint density at radius 1 is 1.10 bits per heavy atom. The molecule has 0 radical (unpaired) electrons. The lowest BCUT2D eigenvalue weighted by Crippen LogP contribution is -2.28. The molecule has 156 valence electrons. The van der Waals surface area contributed by atoms with Crippen LogP contribution in [0.1, 0.15) is 5.56 Å². The number of hydrogen-bond donors (Lipinski definition) is 4. The fraction of sp³-hybridized carbons (Fsp3) is 0.0476. The fourth-order valence-electron chi connectivity index (χ4n) is 3.02. The molecular formula is C21H17ClN6O2S. The highest BCUT2D eigenvalue weighted by atomic mass is 35.5. The number of benzene rings is 2. The van der Waals surface area contributed by atoms with Crippen molar-refractivity contribution in [2.24, 2.45) is 10.7 Å². The Bertz CT molecular complexity index is 1430. The number of hydrogen-bond acceptors (Lipinski definition) is 6. The summed E-state index contributed by atoms with van der Waals surface area (Å²) in [5, 5.41) is 0.566. The molecule has 0 aliphatic carbocycles. The first kappa shape index (κ1) is 20.7. The number of rotatable bonds is 5. The first-order valence-corrected chi connectivity index (χ1v) is 10.3. The molecule has 10 heteroatoms. The number of aliphatic imine (C=N–C) groups is 1. The van der Waals surface area contributed by atoms with Crippen molar-refractivity contribution >= 4 is 52.4 Å². The molecular weight excluding hydrogens is 436 g/mol. The maximum atomic E-state index is 11.6. The van der Waals surface area contributed by atoms with E-state index in [1.807, 2.05) is 43.3 Å². The monoisotopic (exact) mass is 452 g/mol. The zero-order valence-corrected chi connectivity index (χ0v) is 17.8. The topological polar surface area (TPSA) is 129 Å². The molecule has 0 unspecified atom stereocenters. The third kappa shape index (κ3) is 4.47. The van der Waals surface area contributed by atoms with Crippen LogP contribution in [0.2, 0.25) is 5.02 Å². The Morgan fingerprint density at radius 2 is 1.84 bits per heavy atom. The summed E-state index contributed by atoms with van der Waals surface area (Å²) in [5.41, 5.74) is 8.59. The van der Waals surface area contributed by atoms with Gasteiger partial charge in [0.2, 0.25) is 0 Å². The highest BCUT2D eigenvalue weighted by molar-refractivity contribution is 8.00.